The van der Waals surface area contributed by atoms with Crippen LogP contribution in [0.4, 0.5) is 5.82 Å². The van der Waals surface area contributed by atoms with Crippen molar-refractivity contribution >= 4 is 16.9 Å². The molecule has 0 saturated carbocycles. The Morgan fingerprint density at radius 2 is 2.00 bits per heavy atom. The Morgan fingerprint density at radius 1 is 1.31 bits per heavy atom. The lowest BCUT2D eigenvalue weighted by molar-refractivity contribution is 1.11. The highest BCUT2D eigenvalue weighted by Crippen LogP contribution is 2.21. The summed E-state index contributed by atoms with van der Waals surface area (Å²) in [7, 11) is 0. The van der Waals surface area contributed by atoms with Gasteiger partial charge in [0.15, 0.2) is 0 Å². The molecule has 0 saturated heterocycles. The smallest absolute Gasteiger partial charge is 0.348 e. The molecule has 68 valence electrons. The Balaban J connectivity index is 3.03. The molecule has 0 atom stereocenters. The van der Waals surface area contributed by atoms with Gasteiger partial charge in [-0.3, -0.25) is 4.98 Å². The molecule has 2 rings (SSSR count). The van der Waals surface area contributed by atoms with Crippen molar-refractivity contribution in [2.24, 2.45) is 0 Å². The molecule has 0 aromatic carbocycles. The molecule has 0 radical (unpaired) electrons. The minimum absolute atomic E-state index is 0.372. The standard InChI is InChI=1S/C8H10N4O/c1-3-4(2)10-7-5(3)6(9)11-8(13)12-7/h1-2H3,(H4,9,10,11,12,13). The third-order valence-electron chi connectivity index (χ3n) is 2.20. The minimum Gasteiger partial charge on any atom is -0.385 e. The summed E-state index contributed by atoms with van der Waals surface area (Å²) in [4.78, 5) is 20.2. The van der Waals surface area contributed by atoms with Crippen molar-refractivity contribution in [1.29, 1.82) is 0 Å². The first kappa shape index (κ1) is 7.85. The number of anilines is 1. The predicted octanol–water partition coefficient (Wildman–Crippen LogP) is 0.450. The first-order chi connectivity index (χ1) is 6.09. The van der Waals surface area contributed by atoms with Gasteiger partial charge in [-0.25, -0.2) is 4.79 Å². The minimum atomic E-state index is -0.425. The van der Waals surface area contributed by atoms with E-state index in [1.165, 1.54) is 0 Å². The molecule has 2 aromatic heterocycles. The molecular formula is C8H10N4O. The summed E-state index contributed by atoms with van der Waals surface area (Å²) >= 11 is 0. The van der Waals surface area contributed by atoms with E-state index in [9.17, 15) is 4.79 Å². The average molecular weight is 178 g/mol. The van der Waals surface area contributed by atoms with Crippen LogP contribution in [-0.4, -0.2) is 15.0 Å². The number of aromatic amines is 2. The van der Waals surface area contributed by atoms with E-state index in [1.54, 1.807) is 0 Å². The summed E-state index contributed by atoms with van der Waals surface area (Å²) < 4.78 is 0. The van der Waals surface area contributed by atoms with E-state index in [0.29, 0.717) is 11.5 Å². The number of hydrogen-bond donors (Lipinski definition) is 3. The van der Waals surface area contributed by atoms with Crippen molar-refractivity contribution in [3.8, 4) is 0 Å². The number of nitrogen functional groups attached to an aromatic ring is 1. The molecule has 5 heteroatoms. The summed E-state index contributed by atoms with van der Waals surface area (Å²) in [5.41, 5.74) is 7.79. The quantitative estimate of drug-likeness (QED) is 0.547. The first-order valence-corrected chi connectivity index (χ1v) is 3.94. The molecule has 2 heterocycles. The number of H-pyrrole nitrogens is 2. The lowest BCUT2D eigenvalue weighted by Crippen LogP contribution is -2.12. The number of nitrogens with two attached hydrogens (primary N) is 1. The number of nitrogens with zero attached hydrogens (tertiary/aromatic N) is 1. The van der Waals surface area contributed by atoms with Gasteiger partial charge in [0.2, 0.25) is 0 Å². The fourth-order valence-electron chi connectivity index (χ4n) is 1.42. The average Bonchev–Trinajstić information content (AvgIpc) is 2.27. The van der Waals surface area contributed by atoms with Crippen molar-refractivity contribution in [3.63, 3.8) is 0 Å². The lowest BCUT2D eigenvalue weighted by atomic mass is 10.2. The van der Waals surface area contributed by atoms with Crippen LogP contribution in [0.25, 0.3) is 11.0 Å². The number of aromatic nitrogens is 3. The molecule has 0 unspecified atom stereocenters. The molecule has 5 nitrogen and oxygen atoms in total. The first-order valence-electron chi connectivity index (χ1n) is 3.94. The van der Waals surface area contributed by atoms with E-state index in [1.807, 2.05) is 13.8 Å². The molecule has 2 aromatic rings. The second kappa shape index (κ2) is 2.35. The van der Waals surface area contributed by atoms with Gasteiger partial charge in [0, 0.05) is 5.69 Å². The number of fused-ring (bicyclic) bond motifs is 1. The van der Waals surface area contributed by atoms with Crippen LogP contribution < -0.4 is 11.4 Å². The summed E-state index contributed by atoms with van der Waals surface area (Å²) in [5, 5.41) is 0.803. The van der Waals surface area contributed by atoms with Crippen molar-refractivity contribution in [1.82, 2.24) is 15.0 Å². The highest BCUT2D eigenvalue weighted by Gasteiger charge is 2.09. The Bertz CT molecular complexity index is 523. The maximum absolute atomic E-state index is 11.0. The third kappa shape index (κ3) is 1.00. The van der Waals surface area contributed by atoms with Crippen LogP contribution in [0.15, 0.2) is 4.79 Å². The van der Waals surface area contributed by atoms with Gasteiger partial charge in [-0.15, -0.1) is 0 Å². The maximum atomic E-state index is 11.0. The second-order valence-corrected chi connectivity index (χ2v) is 3.05. The Morgan fingerprint density at radius 3 is 2.69 bits per heavy atom. The summed E-state index contributed by atoms with van der Waals surface area (Å²) in [6.45, 7) is 3.85. The highest BCUT2D eigenvalue weighted by molar-refractivity contribution is 5.89. The topological polar surface area (TPSA) is 87.6 Å². The molecular weight excluding hydrogens is 168 g/mol. The second-order valence-electron chi connectivity index (χ2n) is 3.05. The van der Waals surface area contributed by atoms with Crippen LogP contribution in [0, 0.1) is 13.8 Å². The van der Waals surface area contributed by atoms with Crippen LogP contribution in [0.3, 0.4) is 0 Å². The third-order valence-corrected chi connectivity index (χ3v) is 2.20. The van der Waals surface area contributed by atoms with Crippen molar-refractivity contribution < 1.29 is 0 Å². The Labute approximate surface area is 74.0 Å². The van der Waals surface area contributed by atoms with E-state index >= 15 is 0 Å². The van der Waals surface area contributed by atoms with E-state index in [4.69, 9.17) is 5.73 Å². The molecule has 0 spiro atoms. The van der Waals surface area contributed by atoms with E-state index in [-0.39, 0.29) is 0 Å². The lowest BCUT2D eigenvalue weighted by Gasteiger charge is -1.95. The van der Waals surface area contributed by atoms with Crippen LogP contribution in [-0.2, 0) is 0 Å². The van der Waals surface area contributed by atoms with Gasteiger partial charge in [-0.05, 0) is 19.4 Å². The molecule has 0 amide bonds. The Kier molecular flexibility index (Phi) is 1.42. The van der Waals surface area contributed by atoms with Gasteiger partial charge >= 0.3 is 5.69 Å². The molecule has 0 bridgehead atoms. The zero-order valence-corrected chi connectivity index (χ0v) is 7.43. The largest absolute Gasteiger partial charge is 0.385 e. The number of hydrogen-bond acceptors (Lipinski definition) is 3. The molecule has 13 heavy (non-hydrogen) atoms. The zero-order valence-electron chi connectivity index (χ0n) is 7.43. The molecule has 0 aliphatic carbocycles. The predicted molar refractivity (Wildman–Crippen MR) is 50.6 cm³/mol. The normalized spacial score (nSPS) is 10.9. The van der Waals surface area contributed by atoms with Crippen LogP contribution >= 0.6 is 0 Å². The fraction of sp³-hybridized carbons (Fsp3) is 0.250. The van der Waals surface area contributed by atoms with Crippen molar-refractivity contribution in [2.75, 3.05) is 5.73 Å². The number of aryl methyl sites for hydroxylation is 2. The number of nitrogens with one attached hydrogen (secondary N) is 2. The van der Waals surface area contributed by atoms with Gasteiger partial charge in [0.05, 0.1) is 5.39 Å². The SMILES string of the molecule is Cc1[nH]c2nc(=O)[nH]c(N)c2c1C. The van der Waals surface area contributed by atoms with E-state index < -0.39 is 5.69 Å². The summed E-state index contributed by atoms with van der Waals surface area (Å²) in [6, 6.07) is 0. The Hall–Kier alpha value is -1.78. The molecule has 0 aliphatic heterocycles. The highest BCUT2D eigenvalue weighted by atomic mass is 16.1. The van der Waals surface area contributed by atoms with Gasteiger partial charge in [-0.2, -0.15) is 4.98 Å². The van der Waals surface area contributed by atoms with Gasteiger partial charge < -0.3 is 10.7 Å². The van der Waals surface area contributed by atoms with Gasteiger partial charge in [0.25, 0.3) is 0 Å². The van der Waals surface area contributed by atoms with Gasteiger partial charge in [-0.1, -0.05) is 0 Å². The molecule has 0 fully saturated rings. The maximum Gasteiger partial charge on any atom is 0.348 e. The van der Waals surface area contributed by atoms with Crippen molar-refractivity contribution in [3.05, 3.63) is 21.7 Å². The fourth-order valence-corrected chi connectivity index (χ4v) is 1.42. The summed E-state index contributed by atoms with van der Waals surface area (Å²) in [5.74, 6) is 0.372. The van der Waals surface area contributed by atoms with Crippen LogP contribution in [0.5, 0.6) is 0 Å². The number of rotatable bonds is 0. The monoisotopic (exact) mass is 178 g/mol. The summed E-state index contributed by atoms with van der Waals surface area (Å²) in [6.07, 6.45) is 0. The van der Waals surface area contributed by atoms with E-state index in [0.717, 1.165) is 16.6 Å². The van der Waals surface area contributed by atoms with Crippen LogP contribution in [0.1, 0.15) is 11.3 Å². The molecule has 4 N–H and O–H groups in total. The molecule has 0 aliphatic rings. The van der Waals surface area contributed by atoms with Crippen LogP contribution in [0.2, 0.25) is 0 Å². The zero-order chi connectivity index (χ0) is 9.59. The van der Waals surface area contributed by atoms with Crippen molar-refractivity contribution in [2.45, 2.75) is 13.8 Å². The van der Waals surface area contributed by atoms with Gasteiger partial charge in [0.1, 0.15) is 11.5 Å². The van der Waals surface area contributed by atoms with E-state index in [2.05, 4.69) is 15.0 Å².